The third kappa shape index (κ3) is 4.77. The molecule has 2 aromatic rings. The molecule has 1 aromatic carbocycles. The molecule has 2 rings (SSSR count). The van der Waals surface area contributed by atoms with Gasteiger partial charge in [0.25, 0.3) is 0 Å². The van der Waals surface area contributed by atoms with Gasteiger partial charge in [-0.3, -0.25) is 4.79 Å². The Balaban J connectivity index is 1.91. The Kier molecular flexibility index (Phi) is 5.19. The number of anilines is 1. The number of carboxylic acids is 1. The van der Waals surface area contributed by atoms with Crippen molar-refractivity contribution in [3.8, 4) is 0 Å². The van der Waals surface area contributed by atoms with E-state index in [9.17, 15) is 9.59 Å². The number of hydrogen-bond donors (Lipinski definition) is 2. The van der Waals surface area contributed by atoms with Crippen LogP contribution in [0.1, 0.15) is 10.5 Å². The molecule has 0 aliphatic carbocycles. The van der Waals surface area contributed by atoms with Crippen LogP contribution in [-0.2, 0) is 4.79 Å². The lowest BCUT2D eigenvalue weighted by atomic mass is 10.3. The summed E-state index contributed by atoms with van der Waals surface area (Å²) in [6, 6.07) is 10.0. The summed E-state index contributed by atoms with van der Waals surface area (Å²) in [4.78, 5) is 27.2. The number of rotatable bonds is 5. The van der Waals surface area contributed by atoms with Crippen LogP contribution >= 0.6 is 23.4 Å². The number of halogens is 1. The maximum Gasteiger partial charge on any atom is 0.354 e. The summed E-state index contributed by atoms with van der Waals surface area (Å²) in [5.41, 5.74) is 0.294. The highest BCUT2D eigenvalue weighted by Crippen LogP contribution is 2.20. The first-order valence-electron chi connectivity index (χ1n) is 5.92. The molecular formula is C14H11ClN2O3S. The van der Waals surface area contributed by atoms with E-state index in [0.717, 1.165) is 4.90 Å². The van der Waals surface area contributed by atoms with E-state index in [2.05, 4.69) is 10.3 Å². The fourth-order valence-corrected chi connectivity index (χ4v) is 2.33. The molecule has 21 heavy (non-hydrogen) atoms. The van der Waals surface area contributed by atoms with Gasteiger partial charge in [0, 0.05) is 21.8 Å². The van der Waals surface area contributed by atoms with Crippen molar-refractivity contribution in [2.24, 2.45) is 0 Å². The number of carboxylic acid groups (broad SMARTS) is 1. The average Bonchev–Trinajstić information content (AvgIpc) is 2.47. The third-order valence-electron chi connectivity index (χ3n) is 2.45. The first kappa shape index (κ1) is 15.3. The molecule has 1 amide bonds. The molecule has 0 unspecified atom stereocenters. The van der Waals surface area contributed by atoms with Gasteiger partial charge in [0.2, 0.25) is 5.91 Å². The summed E-state index contributed by atoms with van der Waals surface area (Å²) in [5.74, 6) is -1.15. The van der Waals surface area contributed by atoms with Gasteiger partial charge in [-0.15, -0.1) is 11.8 Å². The van der Waals surface area contributed by atoms with Gasteiger partial charge >= 0.3 is 5.97 Å². The molecule has 1 heterocycles. The van der Waals surface area contributed by atoms with Crippen LogP contribution in [0.15, 0.2) is 47.5 Å². The molecule has 0 saturated heterocycles. The Hall–Kier alpha value is -2.05. The van der Waals surface area contributed by atoms with Crippen molar-refractivity contribution in [3.63, 3.8) is 0 Å². The Morgan fingerprint density at radius 2 is 1.95 bits per heavy atom. The number of nitrogens with zero attached hydrogens (tertiary/aromatic N) is 1. The van der Waals surface area contributed by atoms with Crippen LogP contribution in [0.25, 0.3) is 0 Å². The minimum absolute atomic E-state index is 0.113. The number of carbonyl (C=O) groups is 2. The smallest absolute Gasteiger partial charge is 0.354 e. The van der Waals surface area contributed by atoms with E-state index in [-0.39, 0.29) is 17.4 Å². The topological polar surface area (TPSA) is 79.3 Å². The number of hydrogen-bond acceptors (Lipinski definition) is 4. The van der Waals surface area contributed by atoms with E-state index in [1.165, 1.54) is 30.1 Å². The lowest BCUT2D eigenvalue weighted by Crippen LogP contribution is -2.14. The van der Waals surface area contributed by atoms with Crippen LogP contribution in [0.2, 0.25) is 5.02 Å². The summed E-state index contributed by atoms with van der Waals surface area (Å²) < 4.78 is 0. The zero-order valence-electron chi connectivity index (χ0n) is 10.7. The predicted molar refractivity (Wildman–Crippen MR) is 82.0 cm³/mol. The lowest BCUT2D eigenvalue weighted by molar-refractivity contribution is -0.113. The molecule has 0 saturated carbocycles. The van der Waals surface area contributed by atoms with E-state index in [4.69, 9.17) is 16.7 Å². The van der Waals surface area contributed by atoms with Gasteiger partial charge in [0.15, 0.2) is 0 Å². The minimum Gasteiger partial charge on any atom is -0.477 e. The molecule has 0 atom stereocenters. The molecule has 108 valence electrons. The monoisotopic (exact) mass is 322 g/mol. The second kappa shape index (κ2) is 7.10. The Labute approximate surface area is 130 Å². The Morgan fingerprint density at radius 3 is 2.62 bits per heavy atom. The highest BCUT2D eigenvalue weighted by atomic mass is 35.5. The van der Waals surface area contributed by atoms with Gasteiger partial charge < -0.3 is 10.4 Å². The second-order valence-corrected chi connectivity index (χ2v) is 5.51. The average molecular weight is 323 g/mol. The van der Waals surface area contributed by atoms with Crippen LogP contribution in [-0.4, -0.2) is 27.7 Å². The van der Waals surface area contributed by atoms with Crippen LogP contribution in [0.3, 0.4) is 0 Å². The van der Waals surface area contributed by atoms with E-state index >= 15 is 0 Å². The summed E-state index contributed by atoms with van der Waals surface area (Å²) in [6.45, 7) is 0. The van der Waals surface area contributed by atoms with Gasteiger partial charge in [0.05, 0.1) is 5.75 Å². The molecule has 0 radical (unpaired) electrons. The van der Waals surface area contributed by atoms with Crippen molar-refractivity contribution < 1.29 is 14.7 Å². The summed E-state index contributed by atoms with van der Waals surface area (Å²) in [6.07, 6.45) is 1.34. The highest BCUT2D eigenvalue weighted by molar-refractivity contribution is 8.00. The van der Waals surface area contributed by atoms with Gasteiger partial charge in [-0.25, -0.2) is 9.78 Å². The van der Waals surface area contributed by atoms with Crippen molar-refractivity contribution in [1.82, 2.24) is 4.98 Å². The first-order chi connectivity index (χ1) is 10.0. The minimum atomic E-state index is -1.14. The molecule has 0 spiro atoms. The number of aromatic nitrogens is 1. The fourth-order valence-electron chi connectivity index (χ4n) is 1.50. The molecule has 0 aliphatic rings. The van der Waals surface area contributed by atoms with Crippen molar-refractivity contribution in [2.45, 2.75) is 4.90 Å². The lowest BCUT2D eigenvalue weighted by Gasteiger charge is -2.05. The molecular weight excluding hydrogens is 312 g/mol. The Morgan fingerprint density at radius 1 is 1.24 bits per heavy atom. The van der Waals surface area contributed by atoms with E-state index < -0.39 is 5.97 Å². The Bertz CT molecular complexity index is 662. The van der Waals surface area contributed by atoms with Crippen molar-refractivity contribution >= 4 is 40.9 Å². The third-order valence-corrected chi connectivity index (χ3v) is 3.71. The van der Waals surface area contributed by atoms with Crippen LogP contribution < -0.4 is 5.32 Å². The summed E-state index contributed by atoms with van der Waals surface area (Å²) >= 11 is 7.14. The predicted octanol–water partition coefficient (Wildman–Crippen LogP) is 3.16. The number of benzene rings is 1. The molecule has 0 bridgehead atoms. The largest absolute Gasteiger partial charge is 0.477 e. The number of pyridine rings is 1. The molecule has 7 heteroatoms. The normalized spacial score (nSPS) is 10.1. The van der Waals surface area contributed by atoms with E-state index in [1.807, 2.05) is 12.1 Å². The standard InChI is InChI=1S/C14H11ClN2O3S/c15-9-1-3-11(4-2-9)21-8-13(18)17-10-5-6-16-12(7-10)14(19)20/h1-7H,8H2,(H,19,20)(H,16,17,18). The van der Waals surface area contributed by atoms with Gasteiger partial charge in [0.1, 0.15) is 5.69 Å². The maximum absolute atomic E-state index is 11.8. The van der Waals surface area contributed by atoms with Crippen molar-refractivity contribution in [1.29, 1.82) is 0 Å². The SMILES string of the molecule is O=C(CSc1ccc(Cl)cc1)Nc1ccnc(C(=O)O)c1. The van der Waals surface area contributed by atoms with Gasteiger partial charge in [-0.2, -0.15) is 0 Å². The zero-order valence-corrected chi connectivity index (χ0v) is 12.3. The zero-order chi connectivity index (χ0) is 15.2. The van der Waals surface area contributed by atoms with Crippen LogP contribution in [0, 0.1) is 0 Å². The molecule has 1 aromatic heterocycles. The fraction of sp³-hybridized carbons (Fsp3) is 0.0714. The highest BCUT2D eigenvalue weighted by Gasteiger charge is 2.08. The van der Waals surface area contributed by atoms with E-state index in [1.54, 1.807) is 12.1 Å². The summed E-state index contributed by atoms with van der Waals surface area (Å²) in [7, 11) is 0. The van der Waals surface area contributed by atoms with Crippen molar-refractivity contribution in [2.75, 3.05) is 11.1 Å². The molecule has 2 N–H and O–H groups in total. The number of nitrogens with one attached hydrogen (secondary N) is 1. The van der Waals surface area contributed by atoms with E-state index in [0.29, 0.717) is 10.7 Å². The number of amides is 1. The number of aromatic carboxylic acids is 1. The van der Waals surface area contributed by atoms with Gasteiger partial charge in [-0.1, -0.05) is 11.6 Å². The number of carbonyl (C=O) groups excluding carboxylic acids is 1. The molecule has 0 aliphatic heterocycles. The number of thioether (sulfide) groups is 1. The van der Waals surface area contributed by atoms with Crippen molar-refractivity contribution in [3.05, 3.63) is 53.3 Å². The van der Waals surface area contributed by atoms with Crippen LogP contribution in [0.5, 0.6) is 0 Å². The molecule has 0 fully saturated rings. The second-order valence-electron chi connectivity index (χ2n) is 4.03. The quantitative estimate of drug-likeness (QED) is 0.827. The summed E-state index contributed by atoms with van der Waals surface area (Å²) in [5, 5.41) is 12.1. The van der Waals surface area contributed by atoms with Crippen LogP contribution in [0.4, 0.5) is 5.69 Å². The molecule has 5 nitrogen and oxygen atoms in total. The van der Waals surface area contributed by atoms with Gasteiger partial charge in [-0.05, 0) is 36.4 Å². The maximum atomic E-state index is 11.8. The first-order valence-corrected chi connectivity index (χ1v) is 7.28.